The Morgan fingerprint density at radius 1 is 0.977 bits per heavy atom. The summed E-state index contributed by atoms with van der Waals surface area (Å²) in [5.41, 5.74) is 5.69. The Balaban J connectivity index is 1.43. The quantitative estimate of drug-likeness (QED) is 0.283. The predicted molar refractivity (Wildman–Crippen MR) is 163 cm³/mol. The summed E-state index contributed by atoms with van der Waals surface area (Å²) in [5, 5.41) is 20.2. The normalized spacial score (nSPS) is 16.8. The van der Waals surface area contributed by atoms with Gasteiger partial charge in [-0.3, -0.25) is 4.79 Å². The van der Waals surface area contributed by atoms with Crippen LogP contribution in [0.5, 0.6) is 5.75 Å². The summed E-state index contributed by atoms with van der Waals surface area (Å²) in [5.74, 6) is -1.91. The summed E-state index contributed by atoms with van der Waals surface area (Å²) >= 11 is 0. The van der Waals surface area contributed by atoms with Gasteiger partial charge in [0.05, 0.1) is 12.1 Å². The first kappa shape index (κ1) is 29.4. The second-order valence-corrected chi connectivity index (χ2v) is 10.3. The summed E-state index contributed by atoms with van der Waals surface area (Å²) < 4.78 is 20.1. The second kappa shape index (κ2) is 13.7. The molecule has 0 saturated heterocycles. The van der Waals surface area contributed by atoms with Crippen LogP contribution in [0.3, 0.4) is 0 Å². The Bertz CT molecular complexity index is 1590. The highest BCUT2D eigenvalue weighted by Gasteiger charge is 2.29. The van der Waals surface area contributed by atoms with E-state index in [-0.39, 0.29) is 19.4 Å². The summed E-state index contributed by atoms with van der Waals surface area (Å²) in [6, 6.07) is 22.3. The SMILES string of the molecule is O=C([O-])CCCN1C=CC(=CC=C(C=CC2Oc3ccc(F)cc3N2CCC(=O)O)Cc2ccccc2)c2ccccc21. The average molecular weight is 580 g/mol. The lowest BCUT2D eigenvalue weighted by Gasteiger charge is -2.27. The third-order valence-electron chi connectivity index (χ3n) is 7.29. The van der Waals surface area contributed by atoms with Crippen molar-refractivity contribution >= 4 is 28.9 Å². The van der Waals surface area contributed by atoms with Crippen molar-refractivity contribution in [2.24, 2.45) is 0 Å². The number of fused-ring (bicyclic) bond motifs is 2. The maximum Gasteiger partial charge on any atom is 0.305 e. The van der Waals surface area contributed by atoms with Gasteiger partial charge in [-0.15, -0.1) is 0 Å². The number of nitrogens with zero attached hydrogens (tertiary/aromatic N) is 2. The highest BCUT2D eigenvalue weighted by Crippen LogP contribution is 2.38. The van der Waals surface area contributed by atoms with Crippen LogP contribution in [0.25, 0.3) is 5.57 Å². The van der Waals surface area contributed by atoms with Gasteiger partial charge in [-0.25, -0.2) is 4.39 Å². The molecule has 0 fully saturated rings. The van der Waals surface area contributed by atoms with E-state index in [0.717, 1.165) is 28.0 Å². The van der Waals surface area contributed by atoms with Crippen molar-refractivity contribution in [2.45, 2.75) is 31.9 Å². The molecule has 43 heavy (non-hydrogen) atoms. The molecule has 0 radical (unpaired) electrons. The molecule has 1 unspecified atom stereocenters. The number of ether oxygens (including phenoxy) is 1. The van der Waals surface area contributed by atoms with Gasteiger partial charge in [-0.2, -0.15) is 0 Å². The Labute approximate surface area is 250 Å². The number of hydrogen-bond acceptors (Lipinski definition) is 6. The van der Waals surface area contributed by atoms with Crippen LogP contribution in [0.1, 0.15) is 30.4 Å². The van der Waals surface area contributed by atoms with Gasteiger partial charge in [0.1, 0.15) is 11.6 Å². The van der Waals surface area contributed by atoms with Crippen molar-refractivity contribution in [1.82, 2.24) is 0 Å². The van der Waals surface area contributed by atoms with Gasteiger partial charge in [0.25, 0.3) is 0 Å². The first-order valence-corrected chi connectivity index (χ1v) is 14.2. The van der Waals surface area contributed by atoms with Crippen molar-refractivity contribution in [3.63, 3.8) is 0 Å². The molecule has 2 heterocycles. The number of aliphatic carboxylic acids is 2. The number of benzene rings is 3. The second-order valence-electron chi connectivity index (χ2n) is 10.3. The van der Waals surface area contributed by atoms with Gasteiger partial charge in [-0.1, -0.05) is 66.8 Å². The molecular formula is C35H32FN2O5-. The van der Waals surface area contributed by atoms with Crippen LogP contribution < -0.4 is 19.6 Å². The molecule has 1 N–H and O–H groups in total. The van der Waals surface area contributed by atoms with Gasteiger partial charge < -0.3 is 29.5 Å². The first-order chi connectivity index (χ1) is 20.9. The summed E-state index contributed by atoms with van der Waals surface area (Å²) in [6.45, 7) is 0.738. The van der Waals surface area contributed by atoms with Crippen molar-refractivity contribution in [1.29, 1.82) is 0 Å². The lowest BCUT2D eigenvalue weighted by Crippen LogP contribution is -2.34. The first-order valence-electron chi connectivity index (χ1n) is 14.2. The van der Waals surface area contributed by atoms with Crippen molar-refractivity contribution < 1.29 is 28.9 Å². The molecular weight excluding hydrogens is 547 g/mol. The number of hydrogen-bond donors (Lipinski definition) is 1. The minimum Gasteiger partial charge on any atom is -0.550 e. The molecule has 0 saturated carbocycles. The molecule has 3 aromatic rings. The van der Waals surface area contributed by atoms with Crippen LogP contribution >= 0.6 is 0 Å². The fraction of sp³-hybridized carbons (Fsp3) is 0.200. The summed E-state index contributed by atoms with van der Waals surface area (Å²) in [4.78, 5) is 26.0. The van der Waals surface area contributed by atoms with E-state index in [2.05, 4.69) is 24.3 Å². The molecule has 0 aliphatic carbocycles. The van der Waals surface area contributed by atoms with Crippen molar-refractivity contribution in [3.8, 4) is 5.75 Å². The molecule has 0 amide bonds. The molecule has 2 aliphatic heterocycles. The van der Waals surface area contributed by atoms with Gasteiger partial charge in [-0.05, 0) is 66.3 Å². The van der Waals surface area contributed by atoms with Crippen LogP contribution in [0, 0.1) is 5.82 Å². The molecule has 0 spiro atoms. The minimum atomic E-state index is -1.05. The van der Waals surface area contributed by atoms with Crippen LogP contribution in [0.4, 0.5) is 15.8 Å². The zero-order valence-electron chi connectivity index (χ0n) is 23.6. The molecule has 8 heteroatoms. The van der Waals surface area contributed by atoms with E-state index in [9.17, 15) is 24.2 Å². The monoisotopic (exact) mass is 579 g/mol. The molecule has 2 aliphatic rings. The summed E-state index contributed by atoms with van der Waals surface area (Å²) in [6.07, 6.45) is 12.4. The number of carbonyl (C=O) groups excluding carboxylic acids is 1. The zero-order valence-corrected chi connectivity index (χ0v) is 23.6. The fourth-order valence-corrected chi connectivity index (χ4v) is 5.20. The van der Waals surface area contributed by atoms with E-state index in [4.69, 9.17) is 4.74 Å². The Morgan fingerprint density at radius 3 is 2.56 bits per heavy atom. The maximum absolute atomic E-state index is 14.1. The highest BCUT2D eigenvalue weighted by atomic mass is 19.1. The largest absolute Gasteiger partial charge is 0.550 e. The van der Waals surface area contributed by atoms with Crippen LogP contribution in [0.2, 0.25) is 0 Å². The van der Waals surface area contributed by atoms with Crippen LogP contribution in [-0.2, 0) is 16.0 Å². The topological polar surface area (TPSA) is 93.1 Å². The standard InChI is InChI=1S/C35H33FN2O5/c36-28-15-16-32-31(24-28)38(22-19-35(41)42)33(43-32)17-13-26(23-25-7-2-1-3-8-25)12-14-27-18-21-37(20-6-11-34(39)40)30-10-5-4-9-29(27)30/h1-5,7-10,12-18,21,24,33H,6,11,19-20,22-23H2,(H,39,40)(H,41,42)/p-1. The van der Waals surface area contributed by atoms with Crippen LogP contribution in [0.15, 0.2) is 115 Å². The minimum absolute atomic E-state index is 0.00554. The lowest BCUT2D eigenvalue weighted by atomic mass is 9.97. The number of anilines is 2. The number of carboxylic acid groups (broad SMARTS) is 2. The number of halogens is 1. The van der Waals surface area contributed by atoms with E-state index in [1.54, 1.807) is 11.0 Å². The van der Waals surface area contributed by atoms with E-state index < -0.39 is 24.0 Å². The Morgan fingerprint density at radius 2 is 1.77 bits per heavy atom. The number of carboxylic acids is 2. The number of allylic oxidation sites excluding steroid dienone is 6. The third-order valence-corrected chi connectivity index (χ3v) is 7.29. The van der Waals surface area contributed by atoms with Crippen LogP contribution in [-0.4, -0.2) is 36.4 Å². The molecule has 7 nitrogen and oxygen atoms in total. The lowest BCUT2D eigenvalue weighted by molar-refractivity contribution is -0.305. The maximum atomic E-state index is 14.1. The van der Waals surface area contributed by atoms with Gasteiger partial charge >= 0.3 is 5.97 Å². The fourth-order valence-electron chi connectivity index (χ4n) is 5.20. The molecule has 1 atom stereocenters. The van der Waals surface area contributed by atoms with Crippen molar-refractivity contribution in [3.05, 3.63) is 132 Å². The molecule has 220 valence electrons. The van der Waals surface area contributed by atoms with Gasteiger partial charge in [0.2, 0.25) is 0 Å². The van der Waals surface area contributed by atoms with E-state index in [1.807, 2.05) is 71.8 Å². The average Bonchev–Trinajstić information content (AvgIpc) is 3.34. The molecule has 3 aromatic carbocycles. The zero-order chi connectivity index (χ0) is 30.2. The van der Waals surface area contributed by atoms with Gasteiger partial charge in [0.15, 0.2) is 6.23 Å². The Kier molecular flexibility index (Phi) is 9.36. The predicted octanol–water partition coefficient (Wildman–Crippen LogP) is 5.50. The smallest absolute Gasteiger partial charge is 0.305 e. The molecule has 0 bridgehead atoms. The van der Waals surface area contributed by atoms with E-state index in [0.29, 0.717) is 30.8 Å². The van der Waals surface area contributed by atoms with E-state index >= 15 is 0 Å². The number of para-hydroxylation sites is 1. The van der Waals surface area contributed by atoms with Gasteiger partial charge in [0, 0.05) is 42.6 Å². The Hall–Kier alpha value is -5.11. The number of rotatable bonds is 12. The van der Waals surface area contributed by atoms with Crippen molar-refractivity contribution in [2.75, 3.05) is 22.9 Å². The third kappa shape index (κ3) is 7.60. The molecule has 5 rings (SSSR count). The number of carbonyl (C=O) groups is 2. The van der Waals surface area contributed by atoms with E-state index in [1.165, 1.54) is 12.1 Å². The molecule has 0 aromatic heterocycles. The highest BCUT2D eigenvalue weighted by molar-refractivity contribution is 5.87. The summed E-state index contributed by atoms with van der Waals surface area (Å²) in [7, 11) is 0.